The topological polar surface area (TPSA) is 113 Å². The van der Waals surface area contributed by atoms with Crippen LogP contribution < -0.4 is 21.5 Å². The zero-order valence-corrected chi connectivity index (χ0v) is 12.9. The third kappa shape index (κ3) is 6.07. The Bertz CT molecular complexity index is 589. The Hall–Kier alpha value is -2.91. The van der Waals surface area contributed by atoms with Gasteiger partial charge in [0, 0.05) is 31.4 Å². The predicted molar refractivity (Wildman–Crippen MR) is 86.6 cm³/mol. The molecule has 0 spiro atoms. The van der Waals surface area contributed by atoms with Crippen molar-refractivity contribution in [3.05, 3.63) is 49.1 Å². The number of hydrogen-bond acceptors (Lipinski definition) is 9. The molecule has 128 valence electrons. The van der Waals surface area contributed by atoms with E-state index in [1.54, 1.807) is 6.20 Å². The van der Waals surface area contributed by atoms with Crippen LogP contribution in [-0.2, 0) is 19.1 Å². The molecule has 24 heavy (non-hydrogen) atoms. The molecule has 9 nitrogen and oxygen atoms in total. The lowest BCUT2D eigenvalue weighted by Gasteiger charge is -2.22. The molecule has 2 aliphatic heterocycles. The van der Waals surface area contributed by atoms with Crippen molar-refractivity contribution < 1.29 is 19.1 Å². The Morgan fingerprint density at radius 1 is 1.25 bits per heavy atom. The molecule has 1 fully saturated rings. The van der Waals surface area contributed by atoms with Gasteiger partial charge in [0.2, 0.25) is 0 Å². The van der Waals surface area contributed by atoms with Crippen LogP contribution in [0.4, 0.5) is 0 Å². The maximum atomic E-state index is 12.1. The van der Waals surface area contributed by atoms with Gasteiger partial charge in [0.05, 0.1) is 12.5 Å². The number of nitrogens with one attached hydrogen (secondary N) is 4. The normalized spacial score (nSPS) is 21.0. The maximum absolute atomic E-state index is 12.1. The highest BCUT2D eigenvalue weighted by Crippen LogP contribution is 2.05. The molecule has 0 bridgehead atoms. The molecule has 2 aliphatic rings. The fourth-order valence-electron chi connectivity index (χ4n) is 1.81. The van der Waals surface area contributed by atoms with Gasteiger partial charge >= 0.3 is 11.9 Å². The summed E-state index contributed by atoms with van der Waals surface area (Å²) in [6.07, 6.45) is 13.0. The van der Waals surface area contributed by atoms with E-state index in [2.05, 4.69) is 26.5 Å². The lowest BCUT2D eigenvalue weighted by molar-refractivity contribution is -0.159. The van der Waals surface area contributed by atoms with Gasteiger partial charge in [0.15, 0.2) is 0 Å². The van der Waals surface area contributed by atoms with E-state index < -0.39 is 18.0 Å². The third-order valence-electron chi connectivity index (χ3n) is 2.96. The van der Waals surface area contributed by atoms with Gasteiger partial charge in [-0.05, 0) is 18.9 Å². The Balaban J connectivity index is 2.00. The van der Waals surface area contributed by atoms with Crippen molar-refractivity contribution in [2.45, 2.75) is 18.9 Å². The summed E-state index contributed by atoms with van der Waals surface area (Å²) in [7, 11) is 0. The highest BCUT2D eigenvalue weighted by molar-refractivity contribution is 5.97. The smallest absolute Gasteiger partial charge is 0.364 e. The average molecular weight is 333 g/mol. The van der Waals surface area contributed by atoms with Gasteiger partial charge in [-0.2, -0.15) is 0 Å². The maximum Gasteiger partial charge on any atom is 0.364 e. The number of allylic oxidation sites excluding steroid dienone is 1. The van der Waals surface area contributed by atoms with Crippen LogP contribution in [0, 0.1) is 0 Å². The van der Waals surface area contributed by atoms with Crippen molar-refractivity contribution in [1.29, 1.82) is 0 Å². The SMILES string of the molecule is O=C(OC(=O)C1CCCNN1)C1=CN=CC=COC=CNC=CN1. The summed E-state index contributed by atoms with van der Waals surface area (Å²) in [4.78, 5) is 28.0. The third-order valence-corrected chi connectivity index (χ3v) is 2.96. The molecule has 4 N–H and O–H groups in total. The molecule has 1 saturated heterocycles. The van der Waals surface area contributed by atoms with Crippen molar-refractivity contribution in [3.8, 4) is 0 Å². The molecule has 0 aromatic carbocycles. The van der Waals surface area contributed by atoms with Crippen molar-refractivity contribution in [1.82, 2.24) is 21.5 Å². The minimum Gasteiger partial charge on any atom is -0.471 e. The Labute approximate surface area is 139 Å². The molecular formula is C15H19N5O4. The molecule has 2 rings (SSSR count). The predicted octanol–water partition coefficient (Wildman–Crippen LogP) is -0.109. The standard InChI is InChI=1S/C15H19N5O4/c21-14(12-3-1-5-19-20-12)24-15(22)13-11-17-4-2-9-23-10-8-16-6-7-18-13/h2,4,6-12,16,18-20H,1,3,5H2. The fourth-order valence-corrected chi connectivity index (χ4v) is 1.81. The molecular weight excluding hydrogens is 314 g/mol. The Morgan fingerprint density at radius 2 is 2.17 bits per heavy atom. The van der Waals surface area contributed by atoms with Gasteiger partial charge in [-0.15, -0.1) is 0 Å². The van der Waals surface area contributed by atoms with Crippen LogP contribution in [-0.4, -0.2) is 30.7 Å². The van der Waals surface area contributed by atoms with Crippen LogP contribution in [0.1, 0.15) is 12.8 Å². The van der Waals surface area contributed by atoms with E-state index in [1.807, 2.05) is 0 Å². The van der Waals surface area contributed by atoms with Crippen molar-refractivity contribution in [3.63, 3.8) is 0 Å². The van der Waals surface area contributed by atoms with Gasteiger partial charge < -0.3 is 20.1 Å². The number of rotatable bonds is 2. The molecule has 1 atom stereocenters. The first-order valence-electron chi connectivity index (χ1n) is 7.38. The molecule has 9 heteroatoms. The number of esters is 2. The summed E-state index contributed by atoms with van der Waals surface area (Å²) in [5, 5.41) is 5.50. The summed E-state index contributed by atoms with van der Waals surface area (Å²) in [5.41, 5.74) is 5.66. The van der Waals surface area contributed by atoms with E-state index in [9.17, 15) is 9.59 Å². The summed E-state index contributed by atoms with van der Waals surface area (Å²) in [5.74, 6) is -1.46. The van der Waals surface area contributed by atoms with Crippen LogP contribution in [0.15, 0.2) is 54.1 Å². The lowest BCUT2D eigenvalue weighted by atomic mass is 10.1. The first-order valence-corrected chi connectivity index (χ1v) is 7.38. The Morgan fingerprint density at radius 3 is 3.00 bits per heavy atom. The van der Waals surface area contributed by atoms with E-state index in [1.165, 1.54) is 43.4 Å². The van der Waals surface area contributed by atoms with Crippen molar-refractivity contribution in [2.24, 2.45) is 4.99 Å². The molecule has 0 aliphatic carbocycles. The van der Waals surface area contributed by atoms with Crippen molar-refractivity contribution in [2.75, 3.05) is 6.54 Å². The molecule has 0 aromatic rings. The fraction of sp³-hybridized carbons (Fsp3) is 0.267. The number of nitrogens with zero attached hydrogens (tertiary/aromatic N) is 1. The van der Waals surface area contributed by atoms with Gasteiger partial charge in [-0.1, -0.05) is 0 Å². The average Bonchev–Trinajstić information content (AvgIpc) is 2.63. The van der Waals surface area contributed by atoms with Gasteiger partial charge in [-0.25, -0.2) is 15.0 Å². The zero-order chi connectivity index (χ0) is 17.0. The number of aliphatic imine (C=N–C) groups is 1. The number of carbonyl (C=O) groups is 2. The largest absolute Gasteiger partial charge is 0.471 e. The van der Waals surface area contributed by atoms with E-state index in [0.717, 1.165) is 13.0 Å². The molecule has 0 radical (unpaired) electrons. The van der Waals surface area contributed by atoms with E-state index in [4.69, 9.17) is 9.47 Å². The van der Waals surface area contributed by atoms with Gasteiger partial charge in [0.25, 0.3) is 0 Å². The number of carbonyl (C=O) groups excluding carboxylic acids is 2. The summed E-state index contributed by atoms with van der Waals surface area (Å²) in [6.45, 7) is 0.766. The Kier molecular flexibility index (Phi) is 7.25. The lowest BCUT2D eigenvalue weighted by Crippen LogP contribution is -2.50. The van der Waals surface area contributed by atoms with Crippen LogP contribution in [0.5, 0.6) is 0 Å². The second-order valence-corrected chi connectivity index (χ2v) is 4.73. The number of hydrazine groups is 1. The first-order chi connectivity index (χ1) is 11.8. The summed E-state index contributed by atoms with van der Waals surface area (Å²) >= 11 is 0. The molecule has 1 unspecified atom stereocenters. The first kappa shape index (κ1) is 17.4. The quantitative estimate of drug-likeness (QED) is 0.409. The van der Waals surface area contributed by atoms with Gasteiger partial charge in [-0.3, -0.25) is 10.4 Å². The minimum atomic E-state index is -0.820. The second kappa shape index (κ2) is 9.98. The summed E-state index contributed by atoms with van der Waals surface area (Å²) < 4.78 is 9.88. The summed E-state index contributed by atoms with van der Waals surface area (Å²) in [6, 6.07) is -0.552. The van der Waals surface area contributed by atoms with E-state index >= 15 is 0 Å². The highest BCUT2D eigenvalue weighted by Gasteiger charge is 2.25. The van der Waals surface area contributed by atoms with Crippen LogP contribution >= 0.6 is 0 Å². The van der Waals surface area contributed by atoms with Crippen LogP contribution in [0.25, 0.3) is 0 Å². The second-order valence-electron chi connectivity index (χ2n) is 4.73. The minimum absolute atomic E-state index is 0.0129. The molecule has 0 aromatic heterocycles. The van der Waals surface area contributed by atoms with Crippen molar-refractivity contribution >= 4 is 18.2 Å². The van der Waals surface area contributed by atoms with Gasteiger partial charge in [0.1, 0.15) is 18.0 Å². The van der Waals surface area contributed by atoms with E-state index in [-0.39, 0.29) is 5.70 Å². The van der Waals surface area contributed by atoms with Crippen LogP contribution in [0.3, 0.4) is 0 Å². The molecule has 2 heterocycles. The number of ether oxygens (including phenoxy) is 2. The zero-order valence-electron chi connectivity index (χ0n) is 12.9. The molecule has 0 amide bonds. The highest BCUT2D eigenvalue weighted by atomic mass is 16.6. The van der Waals surface area contributed by atoms with E-state index in [0.29, 0.717) is 6.42 Å². The number of hydrogen-bond donors (Lipinski definition) is 4. The molecule has 0 saturated carbocycles. The van der Waals surface area contributed by atoms with Crippen LogP contribution in [0.2, 0.25) is 0 Å². The monoisotopic (exact) mass is 333 g/mol.